The summed E-state index contributed by atoms with van der Waals surface area (Å²) in [5, 5.41) is 8.69. The van der Waals surface area contributed by atoms with Crippen molar-refractivity contribution in [3.05, 3.63) is 35.9 Å². The molecule has 1 rings (SSSR count). The Bertz CT molecular complexity index is 368. The van der Waals surface area contributed by atoms with Crippen molar-refractivity contribution in [3.63, 3.8) is 0 Å². The van der Waals surface area contributed by atoms with E-state index in [1.807, 2.05) is 30.3 Å². The molecule has 0 aliphatic carbocycles. The van der Waals surface area contributed by atoms with Crippen LogP contribution in [0.4, 0.5) is 0 Å². The van der Waals surface area contributed by atoms with Crippen LogP contribution in [0.15, 0.2) is 30.3 Å². The number of nitrogens with zero attached hydrogens (tertiary/aromatic N) is 1. The highest BCUT2D eigenvalue weighted by Crippen LogP contribution is 2.14. The van der Waals surface area contributed by atoms with Crippen LogP contribution in [0.1, 0.15) is 37.3 Å². The number of carbonyl (C=O) groups is 1. The number of hydrogen-bond donors (Lipinski definition) is 2. The van der Waals surface area contributed by atoms with Crippen molar-refractivity contribution in [2.45, 2.75) is 31.7 Å². The van der Waals surface area contributed by atoms with Crippen LogP contribution in [-0.4, -0.2) is 36.1 Å². The van der Waals surface area contributed by atoms with Gasteiger partial charge in [0.25, 0.3) is 0 Å². The van der Waals surface area contributed by atoms with E-state index in [2.05, 4.69) is 0 Å². The van der Waals surface area contributed by atoms with Gasteiger partial charge in [-0.1, -0.05) is 30.3 Å². The van der Waals surface area contributed by atoms with Gasteiger partial charge in [0.15, 0.2) is 0 Å². The lowest BCUT2D eigenvalue weighted by molar-refractivity contribution is -0.130. The zero-order valence-electron chi connectivity index (χ0n) is 11.6. The highest BCUT2D eigenvalue weighted by Gasteiger charge is 2.14. The van der Waals surface area contributed by atoms with Crippen molar-refractivity contribution >= 4 is 5.91 Å². The number of nitrogens with two attached hydrogens (primary N) is 1. The number of hydrogen-bond acceptors (Lipinski definition) is 3. The molecule has 19 heavy (non-hydrogen) atoms. The lowest BCUT2D eigenvalue weighted by Crippen LogP contribution is -2.30. The smallest absolute Gasteiger partial charge is 0.224 e. The number of benzene rings is 1. The highest BCUT2D eigenvalue weighted by atomic mass is 16.2. The number of rotatable bonds is 8. The van der Waals surface area contributed by atoms with E-state index in [0.717, 1.165) is 31.4 Å². The van der Waals surface area contributed by atoms with Crippen LogP contribution in [0.25, 0.3) is 0 Å². The lowest BCUT2D eigenvalue weighted by Gasteiger charge is -2.19. The van der Waals surface area contributed by atoms with Gasteiger partial charge in [0.05, 0.1) is 0 Å². The van der Waals surface area contributed by atoms with Crippen LogP contribution < -0.4 is 5.73 Å². The normalized spacial score (nSPS) is 12.2. The van der Waals surface area contributed by atoms with Gasteiger partial charge in [-0.3, -0.25) is 4.79 Å². The largest absolute Gasteiger partial charge is 0.396 e. The van der Waals surface area contributed by atoms with Gasteiger partial charge >= 0.3 is 0 Å². The average Bonchev–Trinajstić information content (AvgIpc) is 2.44. The quantitative estimate of drug-likeness (QED) is 0.702. The van der Waals surface area contributed by atoms with Crippen LogP contribution in [0.2, 0.25) is 0 Å². The van der Waals surface area contributed by atoms with Crippen molar-refractivity contribution in [2.75, 3.05) is 20.2 Å². The third-order valence-electron chi connectivity index (χ3n) is 3.20. The molecule has 0 aliphatic rings. The summed E-state index contributed by atoms with van der Waals surface area (Å²) in [6, 6.07) is 9.44. The van der Waals surface area contributed by atoms with E-state index < -0.39 is 0 Å². The van der Waals surface area contributed by atoms with Crippen molar-refractivity contribution in [1.82, 2.24) is 4.90 Å². The summed E-state index contributed by atoms with van der Waals surface area (Å²) in [6.45, 7) is 0.941. The Kier molecular flexibility index (Phi) is 7.15. The molecule has 1 amide bonds. The molecule has 0 bridgehead atoms. The first-order valence-corrected chi connectivity index (χ1v) is 6.80. The summed E-state index contributed by atoms with van der Waals surface area (Å²) < 4.78 is 0. The number of unbranched alkanes of at least 4 members (excludes halogenated alkanes) is 2. The van der Waals surface area contributed by atoms with Gasteiger partial charge in [0.2, 0.25) is 5.91 Å². The molecule has 0 aromatic heterocycles. The van der Waals surface area contributed by atoms with Crippen LogP contribution >= 0.6 is 0 Å². The minimum Gasteiger partial charge on any atom is -0.396 e. The molecular weight excluding hydrogens is 240 g/mol. The van der Waals surface area contributed by atoms with Crippen molar-refractivity contribution in [3.8, 4) is 0 Å². The fraction of sp³-hybridized carbons (Fsp3) is 0.533. The Morgan fingerprint density at radius 2 is 1.95 bits per heavy atom. The summed E-state index contributed by atoms with van der Waals surface area (Å²) >= 11 is 0. The molecule has 0 radical (unpaired) electrons. The zero-order chi connectivity index (χ0) is 14.1. The second-order valence-electron chi connectivity index (χ2n) is 4.82. The fourth-order valence-corrected chi connectivity index (χ4v) is 1.92. The third kappa shape index (κ3) is 5.85. The van der Waals surface area contributed by atoms with Gasteiger partial charge in [0, 0.05) is 32.7 Å². The molecule has 106 valence electrons. The molecule has 0 saturated carbocycles. The Balaban J connectivity index is 2.33. The second-order valence-corrected chi connectivity index (χ2v) is 4.82. The minimum absolute atomic E-state index is 0.0698. The van der Waals surface area contributed by atoms with Gasteiger partial charge in [-0.05, 0) is 24.8 Å². The van der Waals surface area contributed by atoms with E-state index in [4.69, 9.17) is 10.8 Å². The fourth-order valence-electron chi connectivity index (χ4n) is 1.92. The molecule has 4 heteroatoms. The maximum absolute atomic E-state index is 12.0. The van der Waals surface area contributed by atoms with E-state index >= 15 is 0 Å². The van der Waals surface area contributed by atoms with E-state index in [1.165, 1.54) is 0 Å². The standard InChI is InChI=1S/C15H24N2O2/c1-17(10-6-3-7-11-18)15(19)12-14(16)13-8-4-2-5-9-13/h2,4-5,8-9,14,18H,3,6-7,10-12,16H2,1H3. The van der Waals surface area contributed by atoms with Crippen molar-refractivity contribution in [1.29, 1.82) is 0 Å². The third-order valence-corrected chi connectivity index (χ3v) is 3.20. The first kappa shape index (κ1) is 15.7. The molecule has 4 nitrogen and oxygen atoms in total. The minimum atomic E-state index is -0.242. The summed E-state index contributed by atoms with van der Waals surface area (Å²) in [7, 11) is 1.80. The molecule has 0 aliphatic heterocycles. The molecule has 0 saturated heterocycles. The number of aliphatic hydroxyl groups excluding tert-OH is 1. The van der Waals surface area contributed by atoms with Gasteiger partial charge < -0.3 is 15.7 Å². The molecule has 1 unspecified atom stereocenters. The summed E-state index contributed by atoms with van der Waals surface area (Å²) in [5.41, 5.74) is 7.02. The number of amides is 1. The predicted molar refractivity (Wildman–Crippen MR) is 76.6 cm³/mol. The van der Waals surface area contributed by atoms with Crippen LogP contribution in [0.3, 0.4) is 0 Å². The number of carbonyl (C=O) groups excluding carboxylic acids is 1. The first-order chi connectivity index (χ1) is 9.15. The highest BCUT2D eigenvalue weighted by molar-refractivity contribution is 5.76. The molecule has 1 aromatic rings. The van der Waals surface area contributed by atoms with E-state index in [-0.39, 0.29) is 18.6 Å². The topological polar surface area (TPSA) is 66.6 Å². The molecule has 1 aromatic carbocycles. The Labute approximate surface area is 115 Å². The predicted octanol–water partition coefficient (Wildman–Crippen LogP) is 1.70. The van der Waals surface area contributed by atoms with Crippen molar-refractivity contribution < 1.29 is 9.90 Å². The molecular formula is C15H24N2O2. The molecule has 0 fully saturated rings. The summed E-state index contributed by atoms with van der Waals surface area (Å²) in [4.78, 5) is 13.7. The molecule has 0 heterocycles. The Morgan fingerprint density at radius 3 is 2.58 bits per heavy atom. The maximum Gasteiger partial charge on any atom is 0.224 e. The second kappa shape index (κ2) is 8.67. The lowest BCUT2D eigenvalue weighted by atomic mass is 10.0. The Hall–Kier alpha value is -1.39. The van der Waals surface area contributed by atoms with Gasteiger partial charge in [-0.15, -0.1) is 0 Å². The number of aliphatic hydroxyl groups is 1. The molecule has 3 N–H and O–H groups in total. The molecule has 0 spiro atoms. The van der Waals surface area contributed by atoms with Crippen LogP contribution in [0.5, 0.6) is 0 Å². The van der Waals surface area contributed by atoms with E-state index in [1.54, 1.807) is 11.9 Å². The Morgan fingerprint density at radius 1 is 1.26 bits per heavy atom. The zero-order valence-corrected chi connectivity index (χ0v) is 11.6. The summed E-state index contributed by atoms with van der Waals surface area (Å²) in [5.74, 6) is 0.0698. The van der Waals surface area contributed by atoms with E-state index in [9.17, 15) is 4.79 Å². The van der Waals surface area contributed by atoms with Gasteiger partial charge in [0.1, 0.15) is 0 Å². The van der Waals surface area contributed by atoms with Crippen LogP contribution in [0, 0.1) is 0 Å². The summed E-state index contributed by atoms with van der Waals surface area (Å²) in [6.07, 6.45) is 2.99. The molecule has 1 atom stereocenters. The monoisotopic (exact) mass is 264 g/mol. The van der Waals surface area contributed by atoms with E-state index in [0.29, 0.717) is 6.42 Å². The SMILES string of the molecule is CN(CCCCCO)C(=O)CC(N)c1ccccc1. The first-order valence-electron chi connectivity index (χ1n) is 6.80. The van der Waals surface area contributed by atoms with Gasteiger partial charge in [-0.25, -0.2) is 0 Å². The maximum atomic E-state index is 12.0. The average molecular weight is 264 g/mol. The van der Waals surface area contributed by atoms with Crippen LogP contribution in [-0.2, 0) is 4.79 Å². The van der Waals surface area contributed by atoms with Crippen molar-refractivity contribution in [2.24, 2.45) is 5.73 Å². The van der Waals surface area contributed by atoms with Gasteiger partial charge in [-0.2, -0.15) is 0 Å².